The lowest BCUT2D eigenvalue weighted by Crippen LogP contribution is -1.85. The third kappa shape index (κ3) is 6.51. The molecule has 0 fully saturated rings. The van der Waals surface area contributed by atoms with E-state index < -0.39 is 0 Å². The molecule has 15 heavy (non-hydrogen) atoms. The van der Waals surface area contributed by atoms with Crippen molar-refractivity contribution in [3.8, 4) is 0 Å². The molecule has 0 aromatic heterocycles. The fourth-order valence-corrected chi connectivity index (χ4v) is 2.02. The van der Waals surface area contributed by atoms with Gasteiger partial charge in [-0.1, -0.05) is 55.9 Å². The fourth-order valence-electron chi connectivity index (χ4n) is 2.02. The van der Waals surface area contributed by atoms with Crippen LogP contribution in [0.4, 0.5) is 0 Å². The van der Waals surface area contributed by atoms with Gasteiger partial charge in [-0.05, 0) is 25.7 Å². The summed E-state index contributed by atoms with van der Waals surface area (Å²) in [7, 11) is 0. The van der Waals surface area contributed by atoms with Crippen LogP contribution in [0.3, 0.4) is 0 Å². The maximum Gasteiger partial charge on any atom is 0.0431 e. The SMILES string of the molecule is OCCCCCCCCCC1=CC=CC1. The molecule has 1 aliphatic rings. The number of unbranched alkanes of at least 4 members (excludes halogenated alkanes) is 6. The van der Waals surface area contributed by atoms with E-state index in [1.165, 1.54) is 51.4 Å². The van der Waals surface area contributed by atoms with Gasteiger partial charge in [0.05, 0.1) is 0 Å². The Bertz CT molecular complexity index is 203. The van der Waals surface area contributed by atoms with Crippen molar-refractivity contribution in [3.05, 3.63) is 23.8 Å². The summed E-state index contributed by atoms with van der Waals surface area (Å²) in [4.78, 5) is 0. The molecule has 0 spiro atoms. The summed E-state index contributed by atoms with van der Waals surface area (Å²) in [6.07, 6.45) is 18.1. The van der Waals surface area contributed by atoms with Crippen molar-refractivity contribution in [2.75, 3.05) is 6.61 Å². The maximum atomic E-state index is 8.62. The normalized spacial score (nSPS) is 14.6. The molecule has 0 bridgehead atoms. The van der Waals surface area contributed by atoms with Crippen LogP contribution >= 0.6 is 0 Å². The van der Waals surface area contributed by atoms with Gasteiger partial charge >= 0.3 is 0 Å². The number of aliphatic hydroxyl groups excluding tert-OH is 1. The van der Waals surface area contributed by atoms with Crippen molar-refractivity contribution in [2.24, 2.45) is 0 Å². The Morgan fingerprint density at radius 2 is 1.60 bits per heavy atom. The zero-order valence-corrected chi connectivity index (χ0v) is 9.75. The van der Waals surface area contributed by atoms with Gasteiger partial charge in [-0.15, -0.1) is 0 Å². The van der Waals surface area contributed by atoms with Gasteiger partial charge in [-0.2, -0.15) is 0 Å². The van der Waals surface area contributed by atoms with Crippen LogP contribution in [0.5, 0.6) is 0 Å². The highest BCUT2D eigenvalue weighted by Gasteiger charge is 1.98. The van der Waals surface area contributed by atoms with Crippen molar-refractivity contribution in [1.82, 2.24) is 0 Å². The Balaban J connectivity index is 1.77. The van der Waals surface area contributed by atoms with E-state index in [1.807, 2.05) is 0 Å². The van der Waals surface area contributed by atoms with E-state index >= 15 is 0 Å². The average molecular weight is 208 g/mol. The summed E-state index contributed by atoms with van der Waals surface area (Å²) in [6.45, 7) is 0.362. The molecule has 0 atom stereocenters. The Morgan fingerprint density at radius 1 is 0.933 bits per heavy atom. The zero-order valence-electron chi connectivity index (χ0n) is 9.75. The summed E-state index contributed by atoms with van der Waals surface area (Å²) < 4.78 is 0. The second-order valence-electron chi connectivity index (χ2n) is 4.41. The number of rotatable bonds is 9. The molecule has 1 N–H and O–H groups in total. The molecular formula is C14H24O. The van der Waals surface area contributed by atoms with Crippen molar-refractivity contribution in [1.29, 1.82) is 0 Å². The van der Waals surface area contributed by atoms with Crippen LogP contribution in [0.1, 0.15) is 57.8 Å². The maximum absolute atomic E-state index is 8.62. The minimum absolute atomic E-state index is 0.362. The molecule has 0 saturated heterocycles. The van der Waals surface area contributed by atoms with Gasteiger partial charge in [0.2, 0.25) is 0 Å². The van der Waals surface area contributed by atoms with Crippen LogP contribution in [0, 0.1) is 0 Å². The van der Waals surface area contributed by atoms with E-state index in [0.29, 0.717) is 6.61 Å². The first kappa shape index (κ1) is 12.5. The molecule has 0 aromatic rings. The average Bonchev–Trinajstić information content (AvgIpc) is 2.75. The highest BCUT2D eigenvalue weighted by Crippen LogP contribution is 2.18. The lowest BCUT2D eigenvalue weighted by molar-refractivity contribution is 0.282. The van der Waals surface area contributed by atoms with Crippen LogP contribution < -0.4 is 0 Å². The molecule has 0 saturated carbocycles. The summed E-state index contributed by atoms with van der Waals surface area (Å²) in [5.74, 6) is 0. The highest BCUT2D eigenvalue weighted by molar-refractivity contribution is 5.22. The van der Waals surface area contributed by atoms with Gasteiger partial charge in [0.15, 0.2) is 0 Å². The van der Waals surface area contributed by atoms with Crippen LogP contribution in [0.2, 0.25) is 0 Å². The molecule has 0 aliphatic heterocycles. The lowest BCUT2D eigenvalue weighted by atomic mass is 10.0. The fraction of sp³-hybridized carbons (Fsp3) is 0.714. The van der Waals surface area contributed by atoms with Crippen molar-refractivity contribution in [3.63, 3.8) is 0 Å². The summed E-state index contributed by atoms with van der Waals surface area (Å²) in [5, 5.41) is 8.62. The first-order valence-electron chi connectivity index (χ1n) is 6.39. The highest BCUT2D eigenvalue weighted by atomic mass is 16.2. The van der Waals surface area contributed by atoms with Gasteiger partial charge in [0.1, 0.15) is 0 Å². The molecule has 0 amide bonds. The smallest absolute Gasteiger partial charge is 0.0431 e. The molecule has 86 valence electrons. The lowest BCUT2D eigenvalue weighted by Gasteiger charge is -2.02. The largest absolute Gasteiger partial charge is 0.396 e. The van der Waals surface area contributed by atoms with Crippen LogP contribution in [0.25, 0.3) is 0 Å². The topological polar surface area (TPSA) is 20.2 Å². The van der Waals surface area contributed by atoms with Gasteiger partial charge in [0.25, 0.3) is 0 Å². The third-order valence-corrected chi connectivity index (χ3v) is 3.00. The van der Waals surface area contributed by atoms with E-state index in [-0.39, 0.29) is 0 Å². The molecular weight excluding hydrogens is 184 g/mol. The molecule has 1 rings (SSSR count). The predicted octanol–water partition coefficient (Wildman–Crippen LogP) is 3.99. The second kappa shape index (κ2) is 8.72. The molecule has 0 heterocycles. The Hall–Kier alpha value is -0.560. The monoisotopic (exact) mass is 208 g/mol. The minimum Gasteiger partial charge on any atom is -0.396 e. The predicted molar refractivity (Wildman–Crippen MR) is 65.9 cm³/mol. The number of aliphatic hydroxyl groups is 1. The zero-order chi connectivity index (χ0) is 10.8. The van der Waals surface area contributed by atoms with E-state index in [4.69, 9.17) is 5.11 Å². The quantitative estimate of drug-likeness (QED) is 0.568. The summed E-state index contributed by atoms with van der Waals surface area (Å²) in [5.41, 5.74) is 1.61. The molecule has 0 aromatic carbocycles. The van der Waals surface area contributed by atoms with Crippen LogP contribution in [-0.2, 0) is 0 Å². The first-order chi connectivity index (χ1) is 7.43. The number of hydrogen-bond donors (Lipinski definition) is 1. The molecule has 1 nitrogen and oxygen atoms in total. The molecule has 0 radical (unpaired) electrons. The molecule has 1 heteroatoms. The van der Waals surface area contributed by atoms with Crippen LogP contribution in [-0.4, -0.2) is 11.7 Å². The summed E-state index contributed by atoms with van der Waals surface area (Å²) in [6, 6.07) is 0. The summed E-state index contributed by atoms with van der Waals surface area (Å²) >= 11 is 0. The minimum atomic E-state index is 0.362. The van der Waals surface area contributed by atoms with E-state index in [1.54, 1.807) is 5.57 Å². The van der Waals surface area contributed by atoms with Crippen LogP contribution in [0.15, 0.2) is 23.8 Å². The standard InChI is InChI=1S/C14H24O/c15-13-9-5-3-1-2-4-6-10-14-11-7-8-12-14/h7-8,11,15H,1-6,9-10,12-13H2. The second-order valence-corrected chi connectivity index (χ2v) is 4.41. The van der Waals surface area contributed by atoms with Crippen molar-refractivity contribution >= 4 is 0 Å². The van der Waals surface area contributed by atoms with Gasteiger partial charge in [0, 0.05) is 6.61 Å². The third-order valence-electron chi connectivity index (χ3n) is 3.00. The Labute approximate surface area is 93.9 Å². The van der Waals surface area contributed by atoms with Gasteiger partial charge in [-0.3, -0.25) is 0 Å². The van der Waals surface area contributed by atoms with E-state index in [0.717, 1.165) is 6.42 Å². The number of allylic oxidation sites excluding steroid dienone is 4. The van der Waals surface area contributed by atoms with Gasteiger partial charge < -0.3 is 5.11 Å². The first-order valence-corrected chi connectivity index (χ1v) is 6.39. The van der Waals surface area contributed by atoms with Crippen molar-refractivity contribution < 1.29 is 5.11 Å². The molecule has 0 unspecified atom stereocenters. The van der Waals surface area contributed by atoms with Gasteiger partial charge in [-0.25, -0.2) is 0 Å². The Morgan fingerprint density at radius 3 is 2.20 bits per heavy atom. The van der Waals surface area contributed by atoms with E-state index in [9.17, 15) is 0 Å². The Kier molecular flexibility index (Phi) is 7.28. The number of hydrogen-bond acceptors (Lipinski definition) is 1. The molecule has 1 aliphatic carbocycles. The van der Waals surface area contributed by atoms with Crippen molar-refractivity contribution in [2.45, 2.75) is 57.8 Å². The van der Waals surface area contributed by atoms with E-state index in [2.05, 4.69) is 18.2 Å².